The van der Waals surface area contributed by atoms with Gasteiger partial charge in [0.05, 0.1) is 6.21 Å². The maximum absolute atomic E-state index is 6.03. The highest BCUT2D eigenvalue weighted by molar-refractivity contribution is 9.10. The molecule has 2 aromatic rings. The second-order valence-electron chi connectivity index (χ2n) is 3.43. The third kappa shape index (κ3) is 3.75. The lowest BCUT2D eigenvalue weighted by Gasteiger charge is -1.96. The van der Waals surface area contributed by atoms with Crippen LogP contribution in [0.25, 0.3) is 0 Å². The largest absolute Gasteiger partial charge is 0.264 e. The molecule has 0 aliphatic heterocycles. The fourth-order valence-electron chi connectivity index (χ4n) is 1.24. The molecule has 0 saturated heterocycles. The van der Waals surface area contributed by atoms with E-state index in [1.54, 1.807) is 18.6 Å². The zero-order valence-corrected chi connectivity index (χ0v) is 11.6. The molecule has 0 aliphatic rings. The topological polar surface area (TPSA) is 37.6 Å². The predicted molar refractivity (Wildman–Crippen MR) is 78.4 cm³/mol. The second-order valence-corrected chi connectivity index (χ2v) is 4.70. The van der Waals surface area contributed by atoms with Crippen LogP contribution in [-0.4, -0.2) is 16.4 Å². The first kappa shape index (κ1) is 12.9. The molecule has 1 aromatic heterocycles. The quantitative estimate of drug-likeness (QED) is 0.624. The molecule has 0 unspecified atom stereocenters. The third-order valence-electron chi connectivity index (χ3n) is 2.12. The maximum Gasteiger partial charge on any atom is 0.158 e. The lowest BCUT2D eigenvalue weighted by molar-refractivity contribution is 1.25. The van der Waals surface area contributed by atoms with E-state index in [-0.39, 0.29) is 0 Å². The maximum atomic E-state index is 6.03. The number of benzene rings is 1. The van der Waals surface area contributed by atoms with Crippen LogP contribution in [0.4, 0.5) is 0 Å². The van der Waals surface area contributed by atoms with E-state index in [1.807, 2.05) is 36.4 Å². The lowest BCUT2D eigenvalue weighted by atomic mass is 10.2. The number of hydrogen-bond acceptors (Lipinski definition) is 3. The normalized spacial score (nSPS) is 12.0. The van der Waals surface area contributed by atoms with Gasteiger partial charge in [-0.3, -0.25) is 4.98 Å². The number of rotatable bonds is 3. The first-order chi connectivity index (χ1) is 8.75. The van der Waals surface area contributed by atoms with E-state index in [2.05, 4.69) is 31.1 Å². The summed E-state index contributed by atoms with van der Waals surface area (Å²) in [7, 11) is 0. The average molecular weight is 323 g/mol. The monoisotopic (exact) mass is 321 g/mol. The molecule has 3 nitrogen and oxygen atoms in total. The highest BCUT2D eigenvalue weighted by Crippen LogP contribution is 2.12. The first-order valence-electron chi connectivity index (χ1n) is 5.18. The predicted octanol–water partition coefficient (Wildman–Crippen LogP) is 3.86. The second kappa shape index (κ2) is 6.42. The van der Waals surface area contributed by atoms with Crippen molar-refractivity contribution in [3.05, 3.63) is 64.4 Å². The SMILES string of the molecule is Cl/C(=N/N=C/c1cccnc1)c1ccc(Br)cc1. The zero-order chi connectivity index (χ0) is 12.8. The van der Waals surface area contributed by atoms with Gasteiger partial charge in [0.15, 0.2) is 5.17 Å². The summed E-state index contributed by atoms with van der Waals surface area (Å²) in [6.45, 7) is 0. The number of halogens is 2. The molecule has 0 fully saturated rings. The van der Waals surface area contributed by atoms with Crippen molar-refractivity contribution in [1.29, 1.82) is 0 Å². The average Bonchev–Trinajstić information content (AvgIpc) is 2.40. The molecule has 0 saturated carbocycles. The smallest absolute Gasteiger partial charge is 0.158 e. The van der Waals surface area contributed by atoms with Crippen molar-refractivity contribution in [2.24, 2.45) is 10.2 Å². The molecule has 0 radical (unpaired) electrons. The lowest BCUT2D eigenvalue weighted by Crippen LogP contribution is -1.89. The molecule has 0 spiro atoms. The Labute approximate surface area is 118 Å². The van der Waals surface area contributed by atoms with Crippen molar-refractivity contribution in [2.75, 3.05) is 0 Å². The molecule has 0 aliphatic carbocycles. The van der Waals surface area contributed by atoms with Gasteiger partial charge >= 0.3 is 0 Å². The van der Waals surface area contributed by atoms with E-state index in [4.69, 9.17) is 11.6 Å². The van der Waals surface area contributed by atoms with Gasteiger partial charge < -0.3 is 0 Å². The van der Waals surface area contributed by atoms with Gasteiger partial charge in [-0.1, -0.05) is 45.7 Å². The molecule has 0 amide bonds. The summed E-state index contributed by atoms with van der Waals surface area (Å²) in [5.41, 5.74) is 1.70. The fraction of sp³-hybridized carbons (Fsp3) is 0. The molecule has 2 rings (SSSR count). The Morgan fingerprint density at radius 2 is 2.00 bits per heavy atom. The fourth-order valence-corrected chi connectivity index (χ4v) is 1.68. The molecule has 1 aromatic carbocycles. The zero-order valence-electron chi connectivity index (χ0n) is 9.29. The van der Waals surface area contributed by atoms with Gasteiger partial charge in [-0.05, 0) is 18.2 Å². The van der Waals surface area contributed by atoms with E-state index in [1.165, 1.54) is 0 Å². The Hall–Kier alpha value is -1.52. The number of hydrogen-bond donors (Lipinski definition) is 0. The Kier molecular flexibility index (Phi) is 4.61. The van der Waals surface area contributed by atoms with E-state index in [0.717, 1.165) is 15.6 Å². The molecule has 90 valence electrons. The minimum atomic E-state index is 0.350. The molecule has 0 N–H and O–H groups in total. The van der Waals surface area contributed by atoms with Crippen LogP contribution in [0.3, 0.4) is 0 Å². The van der Waals surface area contributed by atoms with Crippen LogP contribution in [0.15, 0.2) is 63.5 Å². The van der Waals surface area contributed by atoms with Crippen LogP contribution in [-0.2, 0) is 0 Å². The molecule has 18 heavy (non-hydrogen) atoms. The van der Waals surface area contributed by atoms with Gasteiger partial charge in [-0.2, -0.15) is 5.10 Å². The van der Waals surface area contributed by atoms with Crippen molar-refractivity contribution in [2.45, 2.75) is 0 Å². The summed E-state index contributed by atoms with van der Waals surface area (Å²) in [6, 6.07) is 11.3. The summed E-state index contributed by atoms with van der Waals surface area (Å²) in [4.78, 5) is 3.97. The Balaban J connectivity index is 2.10. The first-order valence-corrected chi connectivity index (χ1v) is 6.35. The van der Waals surface area contributed by atoms with Crippen LogP contribution in [0.2, 0.25) is 0 Å². The summed E-state index contributed by atoms with van der Waals surface area (Å²) in [5, 5.41) is 8.20. The summed E-state index contributed by atoms with van der Waals surface area (Å²) >= 11 is 9.39. The standard InChI is InChI=1S/C13H9BrClN3/c14-12-5-3-11(4-6-12)13(15)18-17-9-10-2-1-7-16-8-10/h1-9H/b17-9+,18-13+. The Bertz CT molecular complexity index is 565. The van der Waals surface area contributed by atoms with Crippen LogP contribution in [0.1, 0.15) is 11.1 Å². The van der Waals surface area contributed by atoms with Crippen molar-refractivity contribution in [3.63, 3.8) is 0 Å². The van der Waals surface area contributed by atoms with E-state index < -0.39 is 0 Å². The van der Waals surface area contributed by atoms with Gasteiger partial charge in [-0.25, -0.2) is 0 Å². The van der Waals surface area contributed by atoms with Crippen LogP contribution < -0.4 is 0 Å². The number of nitrogens with zero attached hydrogens (tertiary/aromatic N) is 3. The molecule has 1 heterocycles. The van der Waals surface area contributed by atoms with Crippen LogP contribution in [0.5, 0.6) is 0 Å². The van der Waals surface area contributed by atoms with Gasteiger partial charge in [0.2, 0.25) is 0 Å². The van der Waals surface area contributed by atoms with E-state index in [9.17, 15) is 0 Å². The minimum absolute atomic E-state index is 0.350. The molecule has 0 atom stereocenters. The molecular formula is C13H9BrClN3. The Morgan fingerprint density at radius 3 is 2.67 bits per heavy atom. The highest BCUT2D eigenvalue weighted by atomic mass is 79.9. The Morgan fingerprint density at radius 1 is 1.22 bits per heavy atom. The molecule has 5 heteroatoms. The minimum Gasteiger partial charge on any atom is -0.264 e. The summed E-state index contributed by atoms with van der Waals surface area (Å²) < 4.78 is 0.995. The van der Waals surface area contributed by atoms with Gasteiger partial charge in [-0.15, -0.1) is 5.10 Å². The van der Waals surface area contributed by atoms with E-state index in [0.29, 0.717) is 5.17 Å². The third-order valence-corrected chi connectivity index (χ3v) is 2.94. The highest BCUT2D eigenvalue weighted by Gasteiger charge is 1.98. The van der Waals surface area contributed by atoms with Gasteiger partial charge in [0.1, 0.15) is 0 Å². The van der Waals surface area contributed by atoms with Crippen molar-refractivity contribution in [3.8, 4) is 0 Å². The molecular weight excluding hydrogens is 314 g/mol. The molecule has 0 bridgehead atoms. The number of aromatic nitrogens is 1. The van der Waals surface area contributed by atoms with E-state index >= 15 is 0 Å². The van der Waals surface area contributed by atoms with Crippen molar-refractivity contribution < 1.29 is 0 Å². The van der Waals surface area contributed by atoms with Gasteiger partial charge in [0, 0.05) is 28.0 Å². The number of pyridine rings is 1. The van der Waals surface area contributed by atoms with Crippen LogP contribution >= 0.6 is 27.5 Å². The van der Waals surface area contributed by atoms with Crippen molar-refractivity contribution in [1.82, 2.24) is 4.98 Å². The van der Waals surface area contributed by atoms with Crippen LogP contribution in [0, 0.1) is 0 Å². The summed E-state index contributed by atoms with van der Waals surface area (Å²) in [6.07, 6.45) is 5.01. The van der Waals surface area contributed by atoms with Crippen molar-refractivity contribution >= 4 is 38.9 Å². The summed E-state index contributed by atoms with van der Waals surface area (Å²) in [5.74, 6) is 0. The van der Waals surface area contributed by atoms with Gasteiger partial charge in [0.25, 0.3) is 0 Å².